The van der Waals surface area contributed by atoms with E-state index in [-0.39, 0.29) is 0 Å². The van der Waals surface area contributed by atoms with Gasteiger partial charge in [0.1, 0.15) is 0 Å². The molecule has 1 aromatic heterocycles. The molecule has 3 nitrogen and oxygen atoms in total. The first-order valence-electron chi connectivity index (χ1n) is 7.16. The summed E-state index contributed by atoms with van der Waals surface area (Å²) in [6, 6.07) is 0. The number of nitrogens with zero attached hydrogens (tertiary/aromatic N) is 3. The molecule has 0 atom stereocenters. The van der Waals surface area contributed by atoms with Crippen molar-refractivity contribution >= 4 is 32.4 Å². The van der Waals surface area contributed by atoms with Gasteiger partial charge in [-0.25, -0.2) is 4.98 Å². The molecule has 0 aliphatic carbocycles. The van der Waals surface area contributed by atoms with Crippen LogP contribution in [0.3, 0.4) is 0 Å². The molecule has 108 valence electrons. The third kappa shape index (κ3) is 3.70. The van der Waals surface area contributed by atoms with Crippen molar-refractivity contribution in [2.75, 3.05) is 43.0 Å². The van der Waals surface area contributed by atoms with E-state index in [0.717, 1.165) is 31.5 Å². The number of piperazine rings is 1. The topological polar surface area (TPSA) is 19.4 Å². The van der Waals surface area contributed by atoms with Gasteiger partial charge in [-0.1, -0.05) is 29.8 Å². The standard InChI is InChI=1S/C14H24BrN3S/c1-3-14(4-2,11-15)12-17-6-8-18(9-7-17)13-16-5-10-19-13/h5,10H,3-4,6-9,11-12H2,1-2H3. The predicted octanol–water partition coefficient (Wildman–Crippen LogP) is 3.47. The van der Waals surface area contributed by atoms with Crippen molar-refractivity contribution in [1.82, 2.24) is 9.88 Å². The second-order valence-corrected chi connectivity index (χ2v) is 6.85. The first-order chi connectivity index (χ1) is 9.23. The molecule has 0 radical (unpaired) electrons. The van der Waals surface area contributed by atoms with Crippen LogP contribution in [0.1, 0.15) is 26.7 Å². The highest BCUT2D eigenvalue weighted by Crippen LogP contribution is 2.30. The summed E-state index contributed by atoms with van der Waals surface area (Å²) < 4.78 is 0. The van der Waals surface area contributed by atoms with Gasteiger partial charge in [0.2, 0.25) is 0 Å². The van der Waals surface area contributed by atoms with E-state index in [0.29, 0.717) is 5.41 Å². The Morgan fingerprint density at radius 1 is 1.26 bits per heavy atom. The fraction of sp³-hybridized carbons (Fsp3) is 0.786. The maximum atomic E-state index is 4.41. The smallest absolute Gasteiger partial charge is 0.185 e. The Balaban J connectivity index is 1.86. The second-order valence-electron chi connectivity index (χ2n) is 5.42. The highest BCUT2D eigenvalue weighted by Gasteiger charge is 2.29. The summed E-state index contributed by atoms with van der Waals surface area (Å²) in [5.41, 5.74) is 0.448. The average Bonchev–Trinajstić information content (AvgIpc) is 3.00. The highest BCUT2D eigenvalue weighted by molar-refractivity contribution is 9.09. The Labute approximate surface area is 129 Å². The summed E-state index contributed by atoms with van der Waals surface area (Å²) in [6.45, 7) is 10.4. The Hall–Kier alpha value is -0.130. The van der Waals surface area contributed by atoms with Crippen LogP contribution >= 0.6 is 27.3 Å². The lowest BCUT2D eigenvalue weighted by molar-refractivity contribution is 0.152. The van der Waals surface area contributed by atoms with Crippen molar-refractivity contribution in [3.05, 3.63) is 11.6 Å². The average molecular weight is 346 g/mol. The number of rotatable bonds is 6. The molecule has 1 aromatic rings. The number of halogens is 1. The van der Waals surface area contributed by atoms with Crippen LogP contribution in [0.2, 0.25) is 0 Å². The largest absolute Gasteiger partial charge is 0.346 e. The van der Waals surface area contributed by atoms with Crippen LogP contribution < -0.4 is 4.90 Å². The molecule has 0 saturated carbocycles. The van der Waals surface area contributed by atoms with Crippen molar-refractivity contribution in [2.24, 2.45) is 5.41 Å². The van der Waals surface area contributed by atoms with Crippen molar-refractivity contribution in [3.8, 4) is 0 Å². The van der Waals surface area contributed by atoms with Crippen LogP contribution in [0.5, 0.6) is 0 Å². The minimum atomic E-state index is 0.448. The molecule has 1 fully saturated rings. The molecule has 19 heavy (non-hydrogen) atoms. The zero-order valence-corrected chi connectivity index (χ0v) is 14.3. The van der Waals surface area contributed by atoms with E-state index in [1.165, 1.54) is 24.5 Å². The molecule has 0 unspecified atom stereocenters. The fourth-order valence-corrected chi connectivity index (χ4v) is 4.32. The molecular formula is C14H24BrN3S. The normalized spacial score (nSPS) is 17.9. The summed E-state index contributed by atoms with van der Waals surface area (Å²) in [5.74, 6) is 0. The summed E-state index contributed by atoms with van der Waals surface area (Å²) in [4.78, 5) is 9.44. The van der Waals surface area contributed by atoms with E-state index in [9.17, 15) is 0 Å². The van der Waals surface area contributed by atoms with Crippen LogP contribution in [0, 0.1) is 5.41 Å². The van der Waals surface area contributed by atoms with Gasteiger partial charge in [-0.2, -0.15) is 0 Å². The first kappa shape index (κ1) is 15.3. The molecule has 0 bridgehead atoms. The minimum Gasteiger partial charge on any atom is -0.346 e. The van der Waals surface area contributed by atoms with Crippen LogP contribution in [0.15, 0.2) is 11.6 Å². The van der Waals surface area contributed by atoms with Gasteiger partial charge in [0.15, 0.2) is 5.13 Å². The monoisotopic (exact) mass is 345 g/mol. The van der Waals surface area contributed by atoms with Crippen LogP contribution in [-0.2, 0) is 0 Å². The fourth-order valence-electron chi connectivity index (χ4n) is 2.65. The Kier molecular flexibility index (Phi) is 5.66. The summed E-state index contributed by atoms with van der Waals surface area (Å²) in [5, 5.41) is 4.35. The number of hydrogen-bond donors (Lipinski definition) is 0. The van der Waals surface area contributed by atoms with E-state index in [2.05, 4.69) is 49.9 Å². The van der Waals surface area contributed by atoms with Gasteiger partial charge in [0, 0.05) is 49.6 Å². The Morgan fingerprint density at radius 2 is 1.95 bits per heavy atom. The van der Waals surface area contributed by atoms with E-state index in [1.807, 2.05) is 6.20 Å². The van der Waals surface area contributed by atoms with Gasteiger partial charge >= 0.3 is 0 Å². The van der Waals surface area contributed by atoms with E-state index in [1.54, 1.807) is 11.3 Å². The van der Waals surface area contributed by atoms with Gasteiger partial charge < -0.3 is 4.90 Å². The number of aromatic nitrogens is 1. The number of thiazole rings is 1. The van der Waals surface area contributed by atoms with Gasteiger partial charge in [-0.05, 0) is 18.3 Å². The van der Waals surface area contributed by atoms with Crippen LogP contribution in [-0.4, -0.2) is 47.9 Å². The van der Waals surface area contributed by atoms with Gasteiger partial charge in [-0.3, -0.25) is 4.90 Å². The van der Waals surface area contributed by atoms with Crippen LogP contribution in [0.25, 0.3) is 0 Å². The molecule has 1 saturated heterocycles. The number of hydrogen-bond acceptors (Lipinski definition) is 4. The SMILES string of the molecule is CCC(CC)(CBr)CN1CCN(c2nccs2)CC1. The van der Waals surface area contributed by atoms with Crippen molar-refractivity contribution in [2.45, 2.75) is 26.7 Å². The zero-order valence-electron chi connectivity index (χ0n) is 11.9. The maximum Gasteiger partial charge on any atom is 0.185 e. The minimum absolute atomic E-state index is 0.448. The lowest BCUT2D eigenvalue weighted by atomic mass is 9.84. The molecule has 0 spiro atoms. The zero-order chi connectivity index (χ0) is 13.7. The molecule has 1 aliphatic rings. The second kappa shape index (κ2) is 7.04. The summed E-state index contributed by atoms with van der Waals surface area (Å²) in [6.07, 6.45) is 4.40. The molecule has 2 heterocycles. The Bertz CT molecular complexity index is 349. The number of anilines is 1. The van der Waals surface area contributed by atoms with Crippen LogP contribution in [0.4, 0.5) is 5.13 Å². The van der Waals surface area contributed by atoms with E-state index >= 15 is 0 Å². The van der Waals surface area contributed by atoms with E-state index < -0.39 is 0 Å². The predicted molar refractivity (Wildman–Crippen MR) is 87.6 cm³/mol. The third-order valence-corrected chi connectivity index (χ3v) is 6.43. The molecule has 0 N–H and O–H groups in total. The lowest BCUT2D eigenvalue weighted by Crippen LogP contribution is -2.50. The number of alkyl halides is 1. The van der Waals surface area contributed by atoms with Crippen molar-refractivity contribution in [1.29, 1.82) is 0 Å². The molecule has 0 amide bonds. The van der Waals surface area contributed by atoms with Crippen molar-refractivity contribution in [3.63, 3.8) is 0 Å². The lowest BCUT2D eigenvalue weighted by Gasteiger charge is -2.40. The summed E-state index contributed by atoms with van der Waals surface area (Å²) >= 11 is 5.46. The Morgan fingerprint density at radius 3 is 2.42 bits per heavy atom. The molecule has 5 heteroatoms. The molecule has 0 aromatic carbocycles. The van der Waals surface area contributed by atoms with E-state index in [4.69, 9.17) is 0 Å². The third-order valence-electron chi connectivity index (χ3n) is 4.40. The van der Waals surface area contributed by atoms with Gasteiger partial charge in [0.05, 0.1) is 0 Å². The quantitative estimate of drug-likeness (QED) is 0.736. The molecular weight excluding hydrogens is 322 g/mol. The highest BCUT2D eigenvalue weighted by atomic mass is 79.9. The van der Waals surface area contributed by atoms with Crippen molar-refractivity contribution < 1.29 is 0 Å². The molecule has 1 aliphatic heterocycles. The first-order valence-corrected chi connectivity index (χ1v) is 9.16. The van der Waals surface area contributed by atoms with Gasteiger partial charge in [0.25, 0.3) is 0 Å². The maximum absolute atomic E-state index is 4.41. The summed E-state index contributed by atoms with van der Waals surface area (Å²) in [7, 11) is 0. The van der Waals surface area contributed by atoms with Gasteiger partial charge in [-0.15, -0.1) is 11.3 Å². The molecule has 2 rings (SSSR count).